The fourth-order valence-electron chi connectivity index (χ4n) is 2.57. The summed E-state index contributed by atoms with van der Waals surface area (Å²) in [7, 11) is 0. The van der Waals surface area contributed by atoms with E-state index in [4.69, 9.17) is 4.74 Å². The van der Waals surface area contributed by atoms with Gasteiger partial charge < -0.3 is 9.64 Å². The van der Waals surface area contributed by atoms with Crippen molar-refractivity contribution in [2.45, 2.75) is 30.0 Å². The van der Waals surface area contributed by atoms with E-state index in [0.717, 1.165) is 29.8 Å². The van der Waals surface area contributed by atoms with Crippen molar-refractivity contribution < 1.29 is 4.74 Å². The topological polar surface area (TPSA) is 25.4 Å². The van der Waals surface area contributed by atoms with Crippen molar-refractivity contribution in [3.05, 3.63) is 18.3 Å². The van der Waals surface area contributed by atoms with Gasteiger partial charge in [0.15, 0.2) is 5.75 Å². The number of thioether (sulfide) groups is 1. The number of rotatable bonds is 2. The summed E-state index contributed by atoms with van der Waals surface area (Å²) in [4.78, 5) is 6.97. The lowest BCUT2D eigenvalue weighted by molar-refractivity contribution is 0.178. The van der Waals surface area contributed by atoms with Crippen LogP contribution in [0.4, 0.5) is 0 Å². The van der Waals surface area contributed by atoms with Crippen molar-refractivity contribution in [3.8, 4) is 5.75 Å². The molecule has 0 saturated carbocycles. The van der Waals surface area contributed by atoms with E-state index in [1.54, 1.807) is 0 Å². The van der Waals surface area contributed by atoms with E-state index in [1.807, 2.05) is 30.1 Å². The molecule has 1 atom stereocenters. The molecule has 0 aliphatic carbocycles. The van der Waals surface area contributed by atoms with Crippen LogP contribution >= 0.6 is 11.8 Å². The number of hydrogen-bond acceptors (Lipinski definition) is 4. The molecule has 2 aliphatic heterocycles. The Kier molecular flexibility index (Phi) is 3.75. The number of aromatic nitrogens is 1. The minimum absolute atomic E-state index is 0.529. The first-order chi connectivity index (χ1) is 8.81. The van der Waals surface area contributed by atoms with Crippen molar-refractivity contribution in [3.63, 3.8) is 0 Å². The first-order valence-electron chi connectivity index (χ1n) is 6.78. The summed E-state index contributed by atoms with van der Waals surface area (Å²) in [5, 5.41) is 1.58. The van der Waals surface area contributed by atoms with E-state index in [2.05, 4.69) is 16.8 Å². The molecule has 0 radical (unpaired) electrons. The Labute approximate surface area is 113 Å². The van der Waals surface area contributed by atoms with Gasteiger partial charge in [0, 0.05) is 12.7 Å². The second kappa shape index (κ2) is 5.49. The molecule has 1 aromatic rings. The molecule has 3 heterocycles. The maximum atomic E-state index is 5.79. The van der Waals surface area contributed by atoms with Crippen LogP contribution in [0.15, 0.2) is 23.4 Å². The highest BCUT2D eigenvalue weighted by Gasteiger charge is 2.25. The summed E-state index contributed by atoms with van der Waals surface area (Å²) in [5.41, 5.74) is 0. The van der Waals surface area contributed by atoms with Gasteiger partial charge in [0.1, 0.15) is 11.6 Å². The third kappa shape index (κ3) is 2.81. The van der Waals surface area contributed by atoms with Crippen LogP contribution in [0.25, 0.3) is 0 Å². The molecule has 1 unspecified atom stereocenters. The number of ether oxygens (including phenoxy) is 1. The van der Waals surface area contributed by atoms with Crippen molar-refractivity contribution >= 4 is 11.8 Å². The molecule has 0 aromatic carbocycles. The zero-order valence-corrected chi connectivity index (χ0v) is 11.7. The smallest absolute Gasteiger partial charge is 0.151 e. The molecule has 3 nitrogen and oxygen atoms in total. The molecular formula is C14H20N2OS. The monoisotopic (exact) mass is 264 g/mol. The Morgan fingerprint density at radius 3 is 3.11 bits per heavy atom. The standard InChI is InChI=1S/C14H20N2OS/c1-11-4-7-16(8-5-11)9-12-10-17-13-3-2-6-15-14(13)18-12/h2-3,6,11-12H,4-5,7-10H2,1H3. The van der Waals surface area contributed by atoms with E-state index in [-0.39, 0.29) is 0 Å². The third-order valence-corrected chi connectivity index (χ3v) is 4.93. The van der Waals surface area contributed by atoms with E-state index in [9.17, 15) is 0 Å². The van der Waals surface area contributed by atoms with Gasteiger partial charge in [-0.2, -0.15) is 0 Å². The summed E-state index contributed by atoms with van der Waals surface area (Å²) >= 11 is 1.87. The molecular weight excluding hydrogens is 244 g/mol. The molecule has 2 aliphatic rings. The maximum absolute atomic E-state index is 5.79. The van der Waals surface area contributed by atoms with Crippen LogP contribution in [-0.2, 0) is 0 Å². The fourth-order valence-corrected chi connectivity index (χ4v) is 3.67. The normalized spacial score (nSPS) is 25.5. The van der Waals surface area contributed by atoms with Gasteiger partial charge in [-0.25, -0.2) is 4.98 Å². The highest BCUT2D eigenvalue weighted by Crippen LogP contribution is 2.35. The molecule has 0 bridgehead atoms. The van der Waals surface area contributed by atoms with Gasteiger partial charge in [-0.1, -0.05) is 18.7 Å². The molecule has 98 valence electrons. The van der Waals surface area contributed by atoms with Gasteiger partial charge in [-0.05, 0) is 44.0 Å². The third-order valence-electron chi connectivity index (χ3n) is 3.78. The van der Waals surface area contributed by atoms with Crippen molar-refractivity contribution in [1.82, 2.24) is 9.88 Å². The highest BCUT2D eigenvalue weighted by molar-refractivity contribution is 8.00. The van der Waals surface area contributed by atoms with Crippen LogP contribution in [0.5, 0.6) is 5.75 Å². The van der Waals surface area contributed by atoms with Gasteiger partial charge in [-0.3, -0.25) is 0 Å². The summed E-state index contributed by atoms with van der Waals surface area (Å²) < 4.78 is 5.79. The van der Waals surface area contributed by atoms with E-state index >= 15 is 0 Å². The number of fused-ring (bicyclic) bond motifs is 1. The van der Waals surface area contributed by atoms with Crippen LogP contribution in [0.2, 0.25) is 0 Å². The van der Waals surface area contributed by atoms with Crippen molar-refractivity contribution in [2.75, 3.05) is 26.2 Å². The van der Waals surface area contributed by atoms with Crippen LogP contribution in [0.3, 0.4) is 0 Å². The van der Waals surface area contributed by atoms with E-state index < -0.39 is 0 Å². The van der Waals surface area contributed by atoms with Crippen molar-refractivity contribution in [2.24, 2.45) is 5.92 Å². The lowest BCUT2D eigenvalue weighted by Gasteiger charge is -2.34. The summed E-state index contributed by atoms with van der Waals surface area (Å²) in [6.07, 6.45) is 4.53. The van der Waals surface area contributed by atoms with E-state index in [0.29, 0.717) is 5.25 Å². The molecule has 0 spiro atoms. The summed E-state index contributed by atoms with van der Waals surface area (Å²) in [6.45, 7) is 6.79. The Balaban J connectivity index is 1.56. The lowest BCUT2D eigenvalue weighted by Crippen LogP contribution is -2.40. The largest absolute Gasteiger partial charge is 0.490 e. The highest BCUT2D eigenvalue weighted by atomic mass is 32.2. The van der Waals surface area contributed by atoms with E-state index in [1.165, 1.54) is 25.9 Å². The quantitative estimate of drug-likeness (QED) is 0.820. The number of hydrogen-bond donors (Lipinski definition) is 0. The first-order valence-corrected chi connectivity index (χ1v) is 7.66. The first kappa shape index (κ1) is 12.3. The Morgan fingerprint density at radius 2 is 2.28 bits per heavy atom. The van der Waals surface area contributed by atoms with Crippen molar-refractivity contribution in [1.29, 1.82) is 0 Å². The Morgan fingerprint density at radius 1 is 1.44 bits per heavy atom. The SMILES string of the molecule is CC1CCN(CC2COc3cccnc3S2)CC1. The van der Waals surface area contributed by atoms with Gasteiger partial charge in [0.05, 0.1) is 5.25 Å². The number of nitrogens with zero attached hydrogens (tertiary/aromatic N) is 2. The molecule has 3 rings (SSSR count). The van der Waals surface area contributed by atoms with Crippen LogP contribution < -0.4 is 4.74 Å². The second-order valence-corrected chi connectivity index (χ2v) is 6.63. The maximum Gasteiger partial charge on any atom is 0.151 e. The minimum Gasteiger partial charge on any atom is -0.490 e. The fraction of sp³-hybridized carbons (Fsp3) is 0.643. The molecule has 1 aromatic heterocycles. The molecule has 1 saturated heterocycles. The molecule has 4 heteroatoms. The Hall–Kier alpha value is -0.740. The minimum atomic E-state index is 0.529. The zero-order chi connectivity index (χ0) is 12.4. The van der Waals surface area contributed by atoms with Crippen LogP contribution in [-0.4, -0.2) is 41.4 Å². The Bertz CT molecular complexity index is 405. The molecule has 18 heavy (non-hydrogen) atoms. The van der Waals surface area contributed by atoms with Crippen LogP contribution in [0, 0.1) is 5.92 Å². The number of piperidine rings is 1. The zero-order valence-electron chi connectivity index (χ0n) is 10.8. The van der Waals surface area contributed by atoms with Gasteiger partial charge in [-0.15, -0.1) is 0 Å². The molecule has 0 N–H and O–H groups in total. The average Bonchev–Trinajstić information content (AvgIpc) is 2.41. The van der Waals surface area contributed by atoms with Gasteiger partial charge in [0.25, 0.3) is 0 Å². The van der Waals surface area contributed by atoms with Crippen LogP contribution in [0.1, 0.15) is 19.8 Å². The molecule has 1 fully saturated rings. The molecule has 0 amide bonds. The second-order valence-electron chi connectivity index (χ2n) is 5.34. The predicted octanol–water partition coefficient (Wildman–Crippen LogP) is 2.67. The number of likely N-dealkylation sites (tertiary alicyclic amines) is 1. The lowest BCUT2D eigenvalue weighted by atomic mass is 9.99. The predicted molar refractivity (Wildman–Crippen MR) is 74.2 cm³/mol. The van der Waals surface area contributed by atoms with Gasteiger partial charge in [0.2, 0.25) is 0 Å². The number of pyridine rings is 1. The summed E-state index contributed by atoms with van der Waals surface area (Å²) in [6, 6.07) is 3.94. The summed E-state index contributed by atoms with van der Waals surface area (Å²) in [5.74, 6) is 1.85. The average molecular weight is 264 g/mol. The van der Waals surface area contributed by atoms with Gasteiger partial charge >= 0.3 is 0 Å².